The normalized spacial score (nSPS) is 13.6. The van der Waals surface area contributed by atoms with Gasteiger partial charge in [-0.15, -0.1) is 0 Å². The van der Waals surface area contributed by atoms with Crippen molar-refractivity contribution in [1.82, 2.24) is 0 Å². The Morgan fingerprint density at radius 3 is 1.48 bits per heavy atom. The molecule has 0 fully saturated rings. The Hall–Kier alpha value is -3.23. The number of carboxylic acid groups (broad SMARTS) is 1. The molecule has 0 aliphatic carbocycles. The maximum absolute atomic E-state index is 12.7. The molecule has 0 spiro atoms. The molecule has 0 rings (SSSR count). The van der Waals surface area contributed by atoms with Crippen molar-refractivity contribution < 1.29 is 38.2 Å². The average Bonchev–Trinajstić information content (AvgIpc) is 3.21. The summed E-state index contributed by atoms with van der Waals surface area (Å²) in [5.74, 6) is -1.77. The zero-order chi connectivity index (χ0) is 44.2. The van der Waals surface area contributed by atoms with Crippen LogP contribution in [-0.2, 0) is 28.6 Å². The molecule has 0 heterocycles. The molecular formula is C52H89NO7. The number of carbonyl (C=O) groups is 3. The molecule has 0 radical (unpaired) electrons. The number of ether oxygens (including phenoxy) is 3. The molecule has 0 aliphatic heterocycles. The smallest absolute Gasteiger partial charge is 0.306 e. The number of nitrogens with zero attached hydrogens (tertiary/aromatic N) is 1. The van der Waals surface area contributed by atoms with Crippen LogP contribution < -0.4 is 5.11 Å². The Kier molecular flexibility index (Phi) is 40.2. The zero-order valence-electron chi connectivity index (χ0n) is 39.1. The van der Waals surface area contributed by atoms with Crippen LogP contribution in [0.1, 0.15) is 187 Å². The number of carbonyl (C=O) groups excluding carboxylic acids is 3. The van der Waals surface area contributed by atoms with Gasteiger partial charge in [0, 0.05) is 19.3 Å². The quantitative estimate of drug-likeness (QED) is 0.0198. The molecule has 0 saturated carbocycles. The Morgan fingerprint density at radius 1 is 0.517 bits per heavy atom. The van der Waals surface area contributed by atoms with E-state index < -0.39 is 18.1 Å². The van der Waals surface area contributed by atoms with Crippen molar-refractivity contribution in [2.75, 3.05) is 41.0 Å². The van der Waals surface area contributed by atoms with Crippen molar-refractivity contribution in [1.29, 1.82) is 0 Å². The summed E-state index contributed by atoms with van der Waals surface area (Å²) < 4.78 is 17.2. The first-order chi connectivity index (χ1) is 29.1. The molecule has 344 valence electrons. The lowest BCUT2D eigenvalue weighted by molar-refractivity contribution is -0.889. The molecule has 0 aromatic rings. The molecule has 0 N–H and O–H groups in total. The highest BCUT2D eigenvalue weighted by Gasteiger charge is 2.25. The SMILES string of the molecule is CC/C=C/C=C/C=C/C=C/CCCCCCCC(=O)OC(COCCC(C(=O)[O-])[N+](C)(C)C)COC(=O)CCCCCCCCCCCCCCCC/C=C/C/C=C/CC. The highest BCUT2D eigenvalue weighted by Crippen LogP contribution is 2.15. The Labute approximate surface area is 368 Å². The molecule has 0 aromatic carbocycles. The molecule has 0 bridgehead atoms. The fourth-order valence-corrected chi connectivity index (χ4v) is 6.77. The topological polar surface area (TPSA) is 102 Å². The zero-order valence-corrected chi connectivity index (χ0v) is 39.1. The third kappa shape index (κ3) is 40.2. The van der Waals surface area contributed by atoms with Crippen LogP contribution in [0.25, 0.3) is 0 Å². The molecule has 0 amide bonds. The van der Waals surface area contributed by atoms with Crippen LogP contribution in [0.2, 0.25) is 0 Å². The van der Waals surface area contributed by atoms with Crippen molar-refractivity contribution in [3.05, 3.63) is 72.9 Å². The van der Waals surface area contributed by atoms with E-state index in [1.165, 1.54) is 77.0 Å². The van der Waals surface area contributed by atoms with Gasteiger partial charge in [0.05, 0.1) is 40.3 Å². The first-order valence-corrected chi connectivity index (χ1v) is 24.0. The summed E-state index contributed by atoms with van der Waals surface area (Å²) in [5, 5.41) is 11.6. The highest BCUT2D eigenvalue weighted by molar-refractivity contribution is 5.70. The number of quaternary nitrogens is 1. The van der Waals surface area contributed by atoms with E-state index in [4.69, 9.17) is 14.2 Å². The van der Waals surface area contributed by atoms with Gasteiger partial charge in [0.25, 0.3) is 0 Å². The average molecular weight is 840 g/mol. The van der Waals surface area contributed by atoms with Crippen molar-refractivity contribution >= 4 is 17.9 Å². The van der Waals surface area contributed by atoms with E-state index in [9.17, 15) is 19.5 Å². The summed E-state index contributed by atoms with van der Waals surface area (Å²) in [6.07, 6.45) is 53.6. The second-order valence-corrected chi connectivity index (χ2v) is 17.0. The lowest BCUT2D eigenvalue weighted by Crippen LogP contribution is -2.55. The van der Waals surface area contributed by atoms with Gasteiger partial charge in [0.1, 0.15) is 12.6 Å². The third-order valence-electron chi connectivity index (χ3n) is 10.4. The maximum atomic E-state index is 12.7. The number of aliphatic carboxylic acids is 1. The number of unbranched alkanes of at least 4 members (excludes halogenated alkanes) is 19. The van der Waals surface area contributed by atoms with Crippen LogP contribution in [0.15, 0.2) is 72.9 Å². The lowest BCUT2D eigenvalue weighted by Gasteiger charge is -2.34. The summed E-state index contributed by atoms with van der Waals surface area (Å²) in [7, 11) is 5.40. The number of carboxylic acids is 1. The second kappa shape index (κ2) is 42.5. The number of rotatable bonds is 42. The molecule has 0 saturated heterocycles. The van der Waals surface area contributed by atoms with E-state index in [0.29, 0.717) is 12.8 Å². The first kappa shape index (κ1) is 56.8. The third-order valence-corrected chi connectivity index (χ3v) is 10.4. The van der Waals surface area contributed by atoms with E-state index >= 15 is 0 Å². The highest BCUT2D eigenvalue weighted by atomic mass is 16.6. The van der Waals surface area contributed by atoms with E-state index in [2.05, 4.69) is 56.4 Å². The molecule has 8 heteroatoms. The second-order valence-electron chi connectivity index (χ2n) is 17.0. The lowest BCUT2D eigenvalue weighted by atomic mass is 10.0. The minimum atomic E-state index is -1.13. The van der Waals surface area contributed by atoms with Gasteiger partial charge in [-0.3, -0.25) is 9.59 Å². The summed E-state index contributed by atoms with van der Waals surface area (Å²) in [6.45, 7) is 4.40. The van der Waals surface area contributed by atoms with Crippen LogP contribution >= 0.6 is 0 Å². The van der Waals surface area contributed by atoms with Crippen molar-refractivity contribution in [3.8, 4) is 0 Å². The van der Waals surface area contributed by atoms with E-state index in [1.54, 1.807) is 21.1 Å². The molecule has 0 aromatic heterocycles. The molecular weight excluding hydrogens is 751 g/mol. The van der Waals surface area contributed by atoms with Crippen LogP contribution in [0, 0.1) is 0 Å². The summed E-state index contributed by atoms with van der Waals surface area (Å²) >= 11 is 0. The van der Waals surface area contributed by atoms with Crippen LogP contribution in [-0.4, -0.2) is 75.5 Å². The van der Waals surface area contributed by atoms with Gasteiger partial charge in [-0.25, -0.2) is 0 Å². The molecule has 60 heavy (non-hydrogen) atoms. The van der Waals surface area contributed by atoms with Crippen LogP contribution in [0.3, 0.4) is 0 Å². The molecule has 2 atom stereocenters. The standard InChI is InChI=1S/C52H89NO7/c1-6-8-10-12-14-16-18-20-22-23-24-25-26-27-29-30-32-34-36-38-40-42-50(54)59-47-48(46-58-45-44-49(52(56)57)53(3,4)5)60-51(55)43-41-39-37-35-33-31-28-21-19-17-15-13-11-9-7-2/h8-11,13-17,19,21,28,48-49H,6-7,12,18,20,22-27,29-47H2,1-5H3/b10-8+,11-9+,15-13+,16-14+,19-17+,28-21+. The number of likely N-dealkylation sites (N-methyl/N-ethyl adjacent to an activating group) is 1. The summed E-state index contributed by atoms with van der Waals surface area (Å²) in [4.78, 5) is 36.9. The molecule has 0 aliphatic rings. The predicted octanol–water partition coefficient (Wildman–Crippen LogP) is 12.2. The van der Waals surface area contributed by atoms with Gasteiger partial charge >= 0.3 is 11.9 Å². The van der Waals surface area contributed by atoms with Gasteiger partial charge in [-0.2, -0.15) is 0 Å². The largest absolute Gasteiger partial charge is 0.544 e. The summed E-state index contributed by atoms with van der Waals surface area (Å²) in [6, 6.07) is -0.733. The van der Waals surface area contributed by atoms with E-state index in [-0.39, 0.29) is 42.7 Å². The van der Waals surface area contributed by atoms with Crippen molar-refractivity contribution in [3.63, 3.8) is 0 Å². The van der Waals surface area contributed by atoms with Gasteiger partial charge < -0.3 is 28.6 Å². The van der Waals surface area contributed by atoms with Gasteiger partial charge in [-0.05, 0) is 57.8 Å². The van der Waals surface area contributed by atoms with Gasteiger partial charge in [-0.1, -0.05) is 183 Å². The van der Waals surface area contributed by atoms with Gasteiger partial charge in [0.15, 0.2) is 6.10 Å². The van der Waals surface area contributed by atoms with E-state index in [0.717, 1.165) is 77.0 Å². The minimum Gasteiger partial charge on any atom is -0.544 e. The fourth-order valence-electron chi connectivity index (χ4n) is 6.77. The fraction of sp³-hybridized carbons (Fsp3) is 0.712. The molecule has 2 unspecified atom stereocenters. The molecule has 8 nitrogen and oxygen atoms in total. The number of hydrogen-bond donors (Lipinski definition) is 0. The Morgan fingerprint density at radius 2 is 0.967 bits per heavy atom. The monoisotopic (exact) mass is 840 g/mol. The van der Waals surface area contributed by atoms with Crippen LogP contribution in [0.4, 0.5) is 0 Å². The predicted molar refractivity (Wildman–Crippen MR) is 249 cm³/mol. The Bertz CT molecular complexity index is 1210. The Balaban J connectivity index is 4.27. The van der Waals surface area contributed by atoms with Crippen molar-refractivity contribution in [2.24, 2.45) is 0 Å². The number of allylic oxidation sites excluding steroid dienone is 12. The first-order valence-electron chi connectivity index (χ1n) is 24.0. The van der Waals surface area contributed by atoms with Gasteiger partial charge in [0.2, 0.25) is 0 Å². The minimum absolute atomic E-state index is 0.0284. The number of esters is 2. The van der Waals surface area contributed by atoms with E-state index in [1.807, 2.05) is 30.4 Å². The van der Waals surface area contributed by atoms with Crippen LogP contribution in [0.5, 0.6) is 0 Å². The summed E-state index contributed by atoms with van der Waals surface area (Å²) in [5.41, 5.74) is 0. The maximum Gasteiger partial charge on any atom is 0.306 e. The van der Waals surface area contributed by atoms with Crippen molar-refractivity contribution in [2.45, 2.75) is 199 Å². The number of hydrogen-bond acceptors (Lipinski definition) is 7.